The van der Waals surface area contributed by atoms with Crippen LogP contribution in [-0.4, -0.2) is 24.0 Å². The summed E-state index contributed by atoms with van der Waals surface area (Å²) in [7, 11) is 0. The van der Waals surface area contributed by atoms with Crippen LogP contribution in [0, 0.1) is 0 Å². The van der Waals surface area contributed by atoms with Crippen molar-refractivity contribution in [1.29, 1.82) is 0 Å². The first-order valence-electron chi connectivity index (χ1n) is 8.37. The van der Waals surface area contributed by atoms with Gasteiger partial charge < -0.3 is 10.2 Å². The van der Waals surface area contributed by atoms with Gasteiger partial charge in [0.15, 0.2) is 5.13 Å². The highest BCUT2D eigenvalue weighted by molar-refractivity contribution is 7.14. The van der Waals surface area contributed by atoms with Crippen LogP contribution in [0.1, 0.15) is 39.0 Å². The summed E-state index contributed by atoms with van der Waals surface area (Å²) in [5.74, 6) is 0.0876. The molecule has 1 aromatic carbocycles. The van der Waals surface area contributed by atoms with E-state index in [-0.39, 0.29) is 5.91 Å². The van der Waals surface area contributed by atoms with Crippen LogP contribution in [0.4, 0.5) is 10.8 Å². The molecule has 0 unspecified atom stereocenters. The van der Waals surface area contributed by atoms with E-state index in [0.29, 0.717) is 6.42 Å². The highest BCUT2D eigenvalue weighted by atomic mass is 32.1. The number of carbonyl (C=O) groups is 1. The maximum Gasteiger partial charge on any atom is 0.224 e. The third kappa shape index (κ3) is 4.10. The molecule has 0 bridgehead atoms. The molecule has 1 amide bonds. The first kappa shape index (κ1) is 16.0. The Morgan fingerprint density at radius 2 is 2.00 bits per heavy atom. The summed E-state index contributed by atoms with van der Waals surface area (Å²) < 4.78 is 0. The fourth-order valence-electron chi connectivity index (χ4n) is 2.74. The van der Waals surface area contributed by atoms with Crippen LogP contribution in [0.15, 0.2) is 29.6 Å². The first-order valence-corrected chi connectivity index (χ1v) is 9.25. The summed E-state index contributed by atoms with van der Waals surface area (Å²) in [6, 6.07) is 7.96. The second-order valence-corrected chi connectivity index (χ2v) is 6.78. The number of carbonyl (C=O) groups excluding carboxylic acids is 1. The zero-order chi connectivity index (χ0) is 16.1. The Kier molecular flexibility index (Phi) is 5.28. The van der Waals surface area contributed by atoms with Crippen molar-refractivity contribution in [3.05, 3.63) is 29.6 Å². The molecule has 0 saturated carbocycles. The Labute approximate surface area is 141 Å². The average Bonchev–Trinajstić information content (AvgIpc) is 3.24. The Bertz CT molecular complexity index is 645. The van der Waals surface area contributed by atoms with Gasteiger partial charge in [-0.05, 0) is 31.4 Å². The van der Waals surface area contributed by atoms with Crippen molar-refractivity contribution < 1.29 is 4.79 Å². The summed E-state index contributed by atoms with van der Waals surface area (Å²) in [4.78, 5) is 18.9. The van der Waals surface area contributed by atoms with Gasteiger partial charge in [-0.1, -0.05) is 25.5 Å². The quantitative estimate of drug-likeness (QED) is 0.846. The number of aromatic nitrogens is 1. The van der Waals surface area contributed by atoms with Gasteiger partial charge in [-0.3, -0.25) is 4.79 Å². The molecule has 0 spiro atoms. The van der Waals surface area contributed by atoms with Crippen LogP contribution in [0.25, 0.3) is 11.3 Å². The van der Waals surface area contributed by atoms with Gasteiger partial charge in [0.1, 0.15) is 0 Å². The molecule has 4 nitrogen and oxygen atoms in total. The SMILES string of the molecule is CCCCC(=O)Nc1ccc(-c2csc(N3CCCC3)n2)cc1. The summed E-state index contributed by atoms with van der Waals surface area (Å²) in [5.41, 5.74) is 2.96. The summed E-state index contributed by atoms with van der Waals surface area (Å²) in [6.45, 7) is 4.33. The van der Waals surface area contributed by atoms with Crippen molar-refractivity contribution >= 4 is 28.1 Å². The number of rotatable bonds is 6. The number of hydrogen-bond acceptors (Lipinski definition) is 4. The topological polar surface area (TPSA) is 45.2 Å². The fraction of sp³-hybridized carbons (Fsp3) is 0.444. The molecule has 2 heterocycles. The number of unbranched alkanes of at least 4 members (excludes halogenated alkanes) is 1. The first-order chi connectivity index (χ1) is 11.3. The molecule has 5 heteroatoms. The Balaban J connectivity index is 1.64. The van der Waals surface area contributed by atoms with Gasteiger partial charge in [-0.15, -0.1) is 11.3 Å². The molecule has 1 aliphatic rings. The van der Waals surface area contributed by atoms with Gasteiger partial charge in [0, 0.05) is 36.1 Å². The molecule has 2 aromatic rings. The molecular formula is C18H23N3OS. The van der Waals surface area contributed by atoms with E-state index >= 15 is 0 Å². The Morgan fingerprint density at radius 3 is 2.70 bits per heavy atom. The number of thiazole rings is 1. The minimum Gasteiger partial charge on any atom is -0.348 e. The molecule has 1 fully saturated rings. The number of amides is 1. The van der Waals surface area contributed by atoms with Crippen molar-refractivity contribution in [3.63, 3.8) is 0 Å². The third-order valence-electron chi connectivity index (χ3n) is 4.09. The summed E-state index contributed by atoms with van der Waals surface area (Å²) in [5, 5.41) is 6.17. The zero-order valence-electron chi connectivity index (χ0n) is 13.5. The highest BCUT2D eigenvalue weighted by Crippen LogP contribution is 2.30. The summed E-state index contributed by atoms with van der Waals surface area (Å²) >= 11 is 1.71. The van der Waals surface area contributed by atoms with Crippen LogP contribution >= 0.6 is 11.3 Å². The Morgan fingerprint density at radius 1 is 1.26 bits per heavy atom. The second kappa shape index (κ2) is 7.59. The maximum atomic E-state index is 11.7. The number of benzene rings is 1. The standard InChI is InChI=1S/C18H23N3OS/c1-2-3-6-17(22)19-15-9-7-14(8-10-15)16-13-23-18(20-16)21-11-4-5-12-21/h7-10,13H,2-6,11-12H2,1H3,(H,19,22). The van der Waals surface area contributed by atoms with Crippen molar-refractivity contribution in [2.75, 3.05) is 23.3 Å². The third-order valence-corrected chi connectivity index (χ3v) is 4.99. The van der Waals surface area contributed by atoms with E-state index in [1.165, 1.54) is 12.8 Å². The minimum absolute atomic E-state index is 0.0876. The minimum atomic E-state index is 0.0876. The van der Waals surface area contributed by atoms with E-state index in [1.54, 1.807) is 11.3 Å². The number of hydrogen-bond donors (Lipinski definition) is 1. The van der Waals surface area contributed by atoms with E-state index in [0.717, 1.165) is 48.0 Å². The predicted octanol–water partition coefficient (Wildman–Crippen LogP) is 4.54. The molecule has 1 aromatic heterocycles. The lowest BCUT2D eigenvalue weighted by Gasteiger charge is -2.12. The van der Waals surface area contributed by atoms with Crippen LogP contribution < -0.4 is 10.2 Å². The van der Waals surface area contributed by atoms with Gasteiger partial charge in [0.25, 0.3) is 0 Å². The molecule has 23 heavy (non-hydrogen) atoms. The Hall–Kier alpha value is -1.88. The molecule has 122 valence electrons. The van der Waals surface area contributed by atoms with Crippen LogP contribution in [0.5, 0.6) is 0 Å². The van der Waals surface area contributed by atoms with Crippen molar-refractivity contribution in [2.45, 2.75) is 39.0 Å². The largest absolute Gasteiger partial charge is 0.348 e. The lowest BCUT2D eigenvalue weighted by Crippen LogP contribution is -2.17. The fourth-order valence-corrected chi connectivity index (χ4v) is 3.62. The van der Waals surface area contributed by atoms with Gasteiger partial charge in [-0.25, -0.2) is 4.98 Å². The van der Waals surface area contributed by atoms with E-state index in [1.807, 2.05) is 24.3 Å². The molecule has 0 atom stereocenters. The molecular weight excluding hydrogens is 306 g/mol. The maximum absolute atomic E-state index is 11.7. The van der Waals surface area contributed by atoms with Crippen molar-refractivity contribution in [2.24, 2.45) is 0 Å². The van der Waals surface area contributed by atoms with E-state index in [4.69, 9.17) is 4.98 Å². The van der Waals surface area contributed by atoms with Gasteiger partial charge in [0.05, 0.1) is 5.69 Å². The van der Waals surface area contributed by atoms with Gasteiger partial charge in [0.2, 0.25) is 5.91 Å². The summed E-state index contributed by atoms with van der Waals surface area (Å²) in [6.07, 6.45) is 5.09. The normalized spacial score (nSPS) is 14.2. The van der Waals surface area contributed by atoms with Crippen molar-refractivity contribution in [3.8, 4) is 11.3 Å². The van der Waals surface area contributed by atoms with E-state index in [9.17, 15) is 4.79 Å². The molecule has 1 N–H and O–H groups in total. The number of anilines is 2. The predicted molar refractivity (Wildman–Crippen MR) is 97.2 cm³/mol. The lowest BCUT2D eigenvalue weighted by molar-refractivity contribution is -0.116. The van der Waals surface area contributed by atoms with Crippen LogP contribution in [0.2, 0.25) is 0 Å². The monoisotopic (exact) mass is 329 g/mol. The van der Waals surface area contributed by atoms with Gasteiger partial charge in [-0.2, -0.15) is 0 Å². The molecule has 0 aliphatic carbocycles. The van der Waals surface area contributed by atoms with Crippen LogP contribution in [0.3, 0.4) is 0 Å². The molecule has 1 saturated heterocycles. The second-order valence-electron chi connectivity index (χ2n) is 5.94. The molecule has 3 rings (SSSR count). The smallest absolute Gasteiger partial charge is 0.224 e. The van der Waals surface area contributed by atoms with Crippen LogP contribution in [-0.2, 0) is 4.79 Å². The number of nitrogens with one attached hydrogen (secondary N) is 1. The number of nitrogens with zero attached hydrogens (tertiary/aromatic N) is 2. The molecule has 0 radical (unpaired) electrons. The lowest BCUT2D eigenvalue weighted by atomic mass is 10.1. The zero-order valence-corrected chi connectivity index (χ0v) is 14.4. The van der Waals surface area contributed by atoms with Crippen molar-refractivity contribution in [1.82, 2.24) is 4.98 Å². The van der Waals surface area contributed by atoms with E-state index in [2.05, 4.69) is 22.5 Å². The highest BCUT2D eigenvalue weighted by Gasteiger charge is 2.16. The average molecular weight is 329 g/mol. The molecule has 1 aliphatic heterocycles. The van der Waals surface area contributed by atoms with Gasteiger partial charge >= 0.3 is 0 Å². The van der Waals surface area contributed by atoms with E-state index < -0.39 is 0 Å².